The van der Waals surface area contributed by atoms with Crippen LogP contribution in [0.3, 0.4) is 0 Å². The number of hydrogen-bond acceptors (Lipinski definition) is 1. The molecule has 0 aromatic rings. The molecule has 0 bridgehead atoms. The van der Waals surface area contributed by atoms with Gasteiger partial charge in [-0.2, -0.15) is 13.2 Å². The molecule has 0 aromatic heterocycles. The molecule has 14 heavy (non-hydrogen) atoms. The third-order valence-corrected chi connectivity index (χ3v) is 2.35. The normalized spacial score (nSPS) is 28.7. The van der Waals surface area contributed by atoms with Gasteiger partial charge in [0.15, 0.2) is 0 Å². The van der Waals surface area contributed by atoms with Crippen LogP contribution in [0.1, 0.15) is 20.3 Å². The van der Waals surface area contributed by atoms with Gasteiger partial charge < -0.3 is 0 Å². The van der Waals surface area contributed by atoms with E-state index in [2.05, 4.69) is 0 Å². The van der Waals surface area contributed by atoms with Gasteiger partial charge in [0.2, 0.25) is 0 Å². The molecule has 1 heterocycles. The molecule has 1 rings (SSSR count). The first kappa shape index (κ1) is 11.7. The van der Waals surface area contributed by atoms with Crippen LogP contribution in [0.4, 0.5) is 22.0 Å². The largest absolute Gasteiger partial charge is 0.404 e. The van der Waals surface area contributed by atoms with E-state index in [9.17, 15) is 22.0 Å². The Labute approximate surface area is 78.9 Å². The van der Waals surface area contributed by atoms with Crippen LogP contribution in [0.2, 0.25) is 0 Å². The van der Waals surface area contributed by atoms with Crippen LogP contribution in [0, 0.1) is 0 Å². The van der Waals surface area contributed by atoms with Gasteiger partial charge in [0, 0.05) is 12.5 Å². The monoisotopic (exact) mass is 217 g/mol. The predicted octanol–water partition coefficient (Wildman–Crippen LogP) is 2.67. The van der Waals surface area contributed by atoms with Gasteiger partial charge >= 0.3 is 6.18 Å². The Morgan fingerprint density at radius 1 is 1.29 bits per heavy atom. The van der Waals surface area contributed by atoms with Gasteiger partial charge in [0.05, 0.1) is 6.54 Å². The highest BCUT2D eigenvalue weighted by Gasteiger charge is 2.56. The molecule has 0 spiro atoms. The Hall–Kier alpha value is -0.390. The highest BCUT2D eigenvalue weighted by molar-refractivity contribution is 4.95. The lowest BCUT2D eigenvalue weighted by atomic mass is 10.2. The lowest BCUT2D eigenvalue weighted by Gasteiger charge is -2.28. The summed E-state index contributed by atoms with van der Waals surface area (Å²) in [5.41, 5.74) is 0. The molecule has 1 unspecified atom stereocenters. The van der Waals surface area contributed by atoms with E-state index in [0.29, 0.717) is 0 Å². The van der Waals surface area contributed by atoms with Crippen LogP contribution in [0.15, 0.2) is 0 Å². The van der Waals surface area contributed by atoms with Gasteiger partial charge in [-0.3, -0.25) is 4.90 Å². The first-order valence-corrected chi connectivity index (χ1v) is 4.34. The van der Waals surface area contributed by atoms with E-state index in [1.165, 1.54) is 13.8 Å². The number of likely N-dealkylation sites (tertiary alicyclic amines) is 1. The molecule has 6 heteroatoms. The fourth-order valence-corrected chi connectivity index (χ4v) is 1.69. The fraction of sp³-hybridized carbons (Fsp3) is 1.00. The second kappa shape index (κ2) is 3.32. The van der Waals surface area contributed by atoms with Crippen LogP contribution in [0.5, 0.6) is 0 Å². The van der Waals surface area contributed by atoms with Crippen molar-refractivity contribution in [3.63, 3.8) is 0 Å². The molecule has 0 radical (unpaired) electrons. The number of hydrogen-bond donors (Lipinski definition) is 0. The smallest absolute Gasteiger partial charge is 0.284 e. The van der Waals surface area contributed by atoms with Crippen LogP contribution >= 0.6 is 0 Å². The number of halogens is 5. The summed E-state index contributed by atoms with van der Waals surface area (Å²) in [6, 6.07) is -2.52. The Morgan fingerprint density at radius 2 is 1.79 bits per heavy atom. The summed E-state index contributed by atoms with van der Waals surface area (Å²) in [6.07, 6.45) is -5.68. The summed E-state index contributed by atoms with van der Waals surface area (Å²) in [5, 5.41) is 0. The predicted molar refractivity (Wildman–Crippen MR) is 41.2 cm³/mol. The SMILES string of the molecule is CC(C)N1CC(F)(F)CC1C(F)(F)F. The lowest BCUT2D eigenvalue weighted by molar-refractivity contribution is -0.180. The van der Waals surface area contributed by atoms with Crippen molar-refractivity contribution in [3.05, 3.63) is 0 Å². The summed E-state index contributed by atoms with van der Waals surface area (Å²) in [7, 11) is 0. The molecule has 0 saturated carbocycles. The maximum atomic E-state index is 12.8. The van der Waals surface area contributed by atoms with Gasteiger partial charge in [-0.15, -0.1) is 0 Å². The van der Waals surface area contributed by atoms with Crippen LogP contribution in [-0.2, 0) is 0 Å². The molecule has 1 saturated heterocycles. The molecular weight excluding hydrogens is 205 g/mol. The zero-order valence-electron chi connectivity index (χ0n) is 7.91. The standard InChI is InChI=1S/C8H12F5N/c1-5(2)14-4-7(9,10)3-6(14)8(11,12)13/h5-6H,3-4H2,1-2H3. The summed E-state index contributed by atoms with van der Waals surface area (Å²) >= 11 is 0. The van der Waals surface area contributed by atoms with E-state index in [1.807, 2.05) is 0 Å². The molecule has 0 N–H and O–H groups in total. The van der Waals surface area contributed by atoms with Crippen molar-refractivity contribution in [2.45, 2.75) is 44.5 Å². The topological polar surface area (TPSA) is 3.24 Å². The quantitative estimate of drug-likeness (QED) is 0.610. The summed E-state index contributed by atoms with van der Waals surface area (Å²) < 4.78 is 62.6. The van der Waals surface area contributed by atoms with Crippen molar-refractivity contribution in [3.8, 4) is 0 Å². The highest BCUT2D eigenvalue weighted by Crippen LogP contribution is 2.40. The van der Waals surface area contributed by atoms with Crippen molar-refractivity contribution >= 4 is 0 Å². The summed E-state index contributed by atoms with van der Waals surface area (Å²) in [5.74, 6) is -3.22. The first-order chi connectivity index (χ1) is 6.13. The molecular formula is C8H12F5N. The van der Waals surface area contributed by atoms with E-state index in [1.54, 1.807) is 0 Å². The first-order valence-electron chi connectivity index (χ1n) is 4.34. The average Bonchev–Trinajstić information content (AvgIpc) is 2.24. The summed E-state index contributed by atoms with van der Waals surface area (Å²) in [4.78, 5) is 0.806. The Bertz CT molecular complexity index is 210. The summed E-state index contributed by atoms with van der Waals surface area (Å²) in [6.45, 7) is 2.18. The average molecular weight is 217 g/mol. The molecule has 1 atom stereocenters. The van der Waals surface area contributed by atoms with Crippen molar-refractivity contribution < 1.29 is 22.0 Å². The Kier molecular flexibility index (Phi) is 2.77. The van der Waals surface area contributed by atoms with Crippen molar-refractivity contribution in [2.24, 2.45) is 0 Å². The van der Waals surface area contributed by atoms with Crippen molar-refractivity contribution in [1.29, 1.82) is 0 Å². The van der Waals surface area contributed by atoms with Crippen molar-refractivity contribution in [1.82, 2.24) is 4.90 Å². The van der Waals surface area contributed by atoms with E-state index in [4.69, 9.17) is 0 Å². The molecule has 1 aliphatic rings. The van der Waals surface area contributed by atoms with Gasteiger partial charge in [0.1, 0.15) is 6.04 Å². The molecule has 1 nitrogen and oxygen atoms in total. The zero-order chi connectivity index (χ0) is 11.1. The Balaban J connectivity index is 2.83. The van der Waals surface area contributed by atoms with Gasteiger partial charge in [-0.05, 0) is 13.8 Å². The number of alkyl halides is 5. The maximum absolute atomic E-state index is 12.8. The number of nitrogens with zero attached hydrogens (tertiary/aromatic N) is 1. The minimum absolute atomic E-state index is 0.519. The van der Waals surface area contributed by atoms with E-state index < -0.39 is 37.1 Å². The van der Waals surface area contributed by atoms with Crippen LogP contribution in [0.25, 0.3) is 0 Å². The van der Waals surface area contributed by atoms with E-state index in [0.717, 1.165) is 4.90 Å². The maximum Gasteiger partial charge on any atom is 0.404 e. The van der Waals surface area contributed by atoms with Crippen LogP contribution in [-0.4, -0.2) is 35.6 Å². The van der Waals surface area contributed by atoms with Crippen molar-refractivity contribution in [2.75, 3.05) is 6.54 Å². The van der Waals surface area contributed by atoms with Gasteiger partial charge in [0.25, 0.3) is 5.92 Å². The molecule has 84 valence electrons. The van der Waals surface area contributed by atoms with Crippen LogP contribution < -0.4 is 0 Å². The lowest BCUT2D eigenvalue weighted by Crippen LogP contribution is -2.44. The molecule has 1 aliphatic heterocycles. The molecule has 1 fully saturated rings. The minimum atomic E-state index is -4.57. The second-order valence-corrected chi connectivity index (χ2v) is 3.88. The third-order valence-electron chi connectivity index (χ3n) is 2.35. The minimum Gasteiger partial charge on any atom is -0.284 e. The van der Waals surface area contributed by atoms with E-state index in [-0.39, 0.29) is 0 Å². The van der Waals surface area contributed by atoms with Gasteiger partial charge in [-0.25, -0.2) is 8.78 Å². The van der Waals surface area contributed by atoms with E-state index >= 15 is 0 Å². The number of rotatable bonds is 1. The fourth-order valence-electron chi connectivity index (χ4n) is 1.69. The zero-order valence-corrected chi connectivity index (χ0v) is 7.91. The Morgan fingerprint density at radius 3 is 2.07 bits per heavy atom. The molecule has 0 amide bonds. The molecule has 0 aliphatic carbocycles. The van der Waals surface area contributed by atoms with Gasteiger partial charge in [-0.1, -0.05) is 0 Å². The third kappa shape index (κ3) is 2.34. The molecule has 0 aromatic carbocycles. The highest BCUT2D eigenvalue weighted by atomic mass is 19.4. The second-order valence-electron chi connectivity index (χ2n) is 3.88.